The molecule has 0 aromatic heterocycles. The molecular formula is C5H9NO2. The number of rotatable bonds is 1. The molecule has 1 heterocycles. The SMILES string of the molecule is C[C@@H]1COC(C=O)N1. The summed E-state index contributed by atoms with van der Waals surface area (Å²) in [4.78, 5) is 9.97. The van der Waals surface area contributed by atoms with E-state index in [9.17, 15) is 4.79 Å². The van der Waals surface area contributed by atoms with Crippen molar-refractivity contribution in [3.63, 3.8) is 0 Å². The predicted molar refractivity (Wildman–Crippen MR) is 28.4 cm³/mol. The van der Waals surface area contributed by atoms with E-state index in [2.05, 4.69) is 5.32 Å². The van der Waals surface area contributed by atoms with E-state index in [1.54, 1.807) is 0 Å². The Hall–Kier alpha value is -0.410. The molecule has 1 aliphatic heterocycles. The summed E-state index contributed by atoms with van der Waals surface area (Å²) in [5, 5.41) is 2.91. The summed E-state index contributed by atoms with van der Waals surface area (Å²) < 4.78 is 4.94. The molecule has 0 aromatic rings. The number of nitrogens with one attached hydrogen (secondary N) is 1. The maximum atomic E-state index is 9.97. The van der Waals surface area contributed by atoms with Crippen molar-refractivity contribution in [3.8, 4) is 0 Å². The molecule has 1 saturated heterocycles. The fourth-order valence-corrected chi connectivity index (χ4v) is 0.703. The van der Waals surface area contributed by atoms with Crippen molar-refractivity contribution < 1.29 is 9.53 Å². The van der Waals surface area contributed by atoms with E-state index in [-0.39, 0.29) is 6.23 Å². The van der Waals surface area contributed by atoms with Crippen LogP contribution in [0.1, 0.15) is 6.92 Å². The second-order valence-corrected chi connectivity index (χ2v) is 1.96. The minimum Gasteiger partial charge on any atom is -0.355 e. The van der Waals surface area contributed by atoms with E-state index in [0.717, 1.165) is 6.29 Å². The first kappa shape index (κ1) is 5.72. The van der Waals surface area contributed by atoms with Gasteiger partial charge in [0.15, 0.2) is 12.5 Å². The van der Waals surface area contributed by atoms with Crippen molar-refractivity contribution in [1.82, 2.24) is 5.32 Å². The first-order valence-corrected chi connectivity index (χ1v) is 2.66. The summed E-state index contributed by atoms with van der Waals surface area (Å²) >= 11 is 0. The molecule has 1 aliphatic rings. The summed E-state index contributed by atoms with van der Waals surface area (Å²) in [6.07, 6.45) is 0.411. The van der Waals surface area contributed by atoms with Crippen LogP contribution in [0, 0.1) is 0 Å². The fourth-order valence-electron chi connectivity index (χ4n) is 0.703. The van der Waals surface area contributed by atoms with Crippen LogP contribution < -0.4 is 5.32 Å². The lowest BCUT2D eigenvalue weighted by atomic mass is 10.4. The van der Waals surface area contributed by atoms with E-state index < -0.39 is 0 Å². The molecule has 1 fully saturated rings. The van der Waals surface area contributed by atoms with Crippen molar-refractivity contribution in [2.75, 3.05) is 6.61 Å². The number of aldehydes is 1. The lowest BCUT2D eigenvalue weighted by Crippen LogP contribution is -2.28. The van der Waals surface area contributed by atoms with Gasteiger partial charge in [-0.1, -0.05) is 0 Å². The summed E-state index contributed by atoms with van der Waals surface area (Å²) in [6.45, 7) is 2.62. The molecule has 1 unspecified atom stereocenters. The highest BCUT2D eigenvalue weighted by Gasteiger charge is 2.18. The minimum atomic E-state index is -0.356. The average molecular weight is 115 g/mol. The fraction of sp³-hybridized carbons (Fsp3) is 0.800. The molecule has 46 valence electrons. The highest BCUT2D eigenvalue weighted by Crippen LogP contribution is 1.97. The Labute approximate surface area is 48.0 Å². The number of hydrogen-bond donors (Lipinski definition) is 1. The first-order chi connectivity index (χ1) is 3.83. The zero-order chi connectivity index (χ0) is 5.98. The summed E-state index contributed by atoms with van der Waals surface area (Å²) in [5.74, 6) is 0. The Bertz CT molecular complexity index is 94.4. The Morgan fingerprint density at radius 3 is 2.88 bits per heavy atom. The third kappa shape index (κ3) is 1.05. The average Bonchev–Trinajstić information content (AvgIpc) is 2.14. The predicted octanol–water partition coefficient (Wildman–Crippen LogP) is -0.480. The van der Waals surface area contributed by atoms with Crippen LogP contribution in [0.25, 0.3) is 0 Å². The Balaban J connectivity index is 2.32. The normalized spacial score (nSPS) is 37.6. The highest BCUT2D eigenvalue weighted by atomic mass is 16.5. The van der Waals surface area contributed by atoms with Gasteiger partial charge in [-0.3, -0.25) is 10.1 Å². The van der Waals surface area contributed by atoms with Crippen LogP contribution in [0.2, 0.25) is 0 Å². The van der Waals surface area contributed by atoms with Crippen molar-refractivity contribution in [2.45, 2.75) is 19.2 Å². The number of hydrogen-bond acceptors (Lipinski definition) is 3. The van der Waals surface area contributed by atoms with Crippen LogP contribution in [0.3, 0.4) is 0 Å². The second kappa shape index (κ2) is 2.24. The molecule has 0 spiro atoms. The van der Waals surface area contributed by atoms with E-state index >= 15 is 0 Å². The number of carbonyl (C=O) groups excluding carboxylic acids is 1. The van der Waals surface area contributed by atoms with E-state index in [1.165, 1.54) is 0 Å². The molecule has 3 heteroatoms. The monoisotopic (exact) mass is 115 g/mol. The van der Waals surface area contributed by atoms with Crippen LogP contribution in [-0.4, -0.2) is 25.2 Å². The lowest BCUT2D eigenvalue weighted by molar-refractivity contribution is -0.116. The van der Waals surface area contributed by atoms with Gasteiger partial charge in [0.05, 0.1) is 6.61 Å². The standard InChI is InChI=1S/C5H9NO2/c1-4-3-8-5(2-7)6-4/h2,4-6H,3H2,1H3/t4-,5?/m1/s1. The van der Waals surface area contributed by atoms with Crippen LogP contribution in [-0.2, 0) is 9.53 Å². The molecule has 2 atom stereocenters. The van der Waals surface area contributed by atoms with Crippen LogP contribution in [0.5, 0.6) is 0 Å². The zero-order valence-electron chi connectivity index (χ0n) is 4.76. The van der Waals surface area contributed by atoms with Gasteiger partial charge in [0.1, 0.15) is 0 Å². The van der Waals surface area contributed by atoms with Crippen LogP contribution in [0.4, 0.5) is 0 Å². The Morgan fingerprint density at radius 2 is 2.62 bits per heavy atom. The van der Waals surface area contributed by atoms with Gasteiger partial charge in [-0.25, -0.2) is 0 Å². The summed E-state index contributed by atoms with van der Waals surface area (Å²) in [6, 6.07) is 0.324. The third-order valence-corrected chi connectivity index (χ3v) is 1.10. The van der Waals surface area contributed by atoms with Gasteiger partial charge >= 0.3 is 0 Å². The molecule has 0 radical (unpaired) electrons. The van der Waals surface area contributed by atoms with Crippen molar-refractivity contribution in [3.05, 3.63) is 0 Å². The molecule has 0 aliphatic carbocycles. The molecule has 0 bridgehead atoms. The largest absolute Gasteiger partial charge is 0.355 e. The van der Waals surface area contributed by atoms with Gasteiger partial charge in [0.2, 0.25) is 0 Å². The van der Waals surface area contributed by atoms with Crippen molar-refractivity contribution in [2.24, 2.45) is 0 Å². The van der Waals surface area contributed by atoms with E-state index in [0.29, 0.717) is 12.6 Å². The second-order valence-electron chi connectivity index (χ2n) is 1.96. The smallest absolute Gasteiger partial charge is 0.164 e. The van der Waals surface area contributed by atoms with Crippen LogP contribution in [0.15, 0.2) is 0 Å². The molecule has 0 amide bonds. The lowest BCUT2D eigenvalue weighted by Gasteiger charge is -1.98. The molecule has 8 heavy (non-hydrogen) atoms. The van der Waals surface area contributed by atoms with Gasteiger partial charge < -0.3 is 4.74 Å². The van der Waals surface area contributed by atoms with Crippen LogP contribution >= 0.6 is 0 Å². The Morgan fingerprint density at radius 1 is 1.88 bits per heavy atom. The molecule has 0 saturated carbocycles. The van der Waals surface area contributed by atoms with Crippen molar-refractivity contribution >= 4 is 6.29 Å². The summed E-state index contributed by atoms with van der Waals surface area (Å²) in [7, 11) is 0. The van der Waals surface area contributed by atoms with Gasteiger partial charge in [-0.2, -0.15) is 0 Å². The maximum absolute atomic E-state index is 9.97. The highest BCUT2D eigenvalue weighted by molar-refractivity contribution is 5.55. The molecular weight excluding hydrogens is 106 g/mol. The van der Waals surface area contributed by atoms with Gasteiger partial charge in [-0.15, -0.1) is 0 Å². The van der Waals surface area contributed by atoms with Gasteiger partial charge in [0.25, 0.3) is 0 Å². The number of carbonyl (C=O) groups is 1. The molecule has 1 rings (SSSR count). The quantitative estimate of drug-likeness (QED) is 0.469. The minimum absolute atomic E-state index is 0.324. The zero-order valence-corrected chi connectivity index (χ0v) is 4.76. The van der Waals surface area contributed by atoms with E-state index in [4.69, 9.17) is 4.74 Å². The topological polar surface area (TPSA) is 38.3 Å². The van der Waals surface area contributed by atoms with Gasteiger partial charge in [-0.05, 0) is 6.92 Å². The van der Waals surface area contributed by atoms with E-state index in [1.807, 2.05) is 6.92 Å². The molecule has 1 N–H and O–H groups in total. The molecule has 3 nitrogen and oxygen atoms in total. The first-order valence-electron chi connectivity index (χ1n) is 2.66. The summed E-state index contributed by atoms with van der Waals surface area (Å²) in [5.41, 5.74) is 0. The van der Waals surface area contributed by atoms with Gasteiger partial charge in [0, 0.05) is 6.04 Å². The Kier molecular flexibility index (Phi) is 1.60. The third-order valence-electron chi connectivity index (χ3n) is 1.10. The maximum Gasteiger partial charge on any atom is 0.164 e. The number of ether oxygens (including phenoxy) is 1. The van der Waals surface area contributed by atoms with Crippen molar-refractivity contribution in [1.29, 1.82) is 0 Å². The molecule has 0 aromatic carbocycles.